The number of nitrogens with one attached hydrogen (secondary N) is 1. The molecule has 2 aromatic heterocycles. The van der Waals surface area contributed by atoms with Crippen molar-refractivity contribution in [3.8, 4) is 11.9 Å². The van der Waals surface area contributed by atoms with Crippen molar-refractivity contribution in [2.24, 2.45) is 0 Å². The van der Waals surface area contributed by atoms with Gasteiger partial charge in [-0.1, -0.05) is 0 Å². The van der Waals surface area contributed by atoms with Crippen LogP contribution in [-0.2, 0) is 10.0 Å². The third-order valence-corrected chi connectivity index (χ3v) is 5.39. The second-order valence-corrected chi connectivity index (χ2v) is 6.93. The fraction of sp³-hybridized carbons (Fsp3) is 0.462. The summed E-state index contributed by atoms with van der Waals surface area (Å²) in [5.74, 6) is 0.423. The molecule has 0 aromatic carbocycles. The number of aromatic amines is 1. The third-order valence-electron chi connectivity index (χ3n) is 3.57. The lowest BCUT2D eigenvalue weighted by atomic mass is 10.1. The first kappa shape index (κ1) is 15.7. The van der Waals surface area contributed by atoms with Crippen LogP contribution in [0.25, 0.3) is 0 Å². The number of H-pyrrole nitrogens is 1. The molecular weight excluding hydrogens is 322 g/mol. The predicted octanol–water partition coefficient (Wildman–Crippen LogP) is 0.440. The number of imidazole rings is 1. The van der Waals surface area contributed by atoms with Gasteiger partial charge in [0.2, 0.25) is 5.88 Å². The van der Waals surface area contributed by atoms with Crippen molar-refractivity contribution >= 4 is 10.0 Å². The molecule has 0 atom stereocenters. The summed E-state index contributed by atoms with van der Waals surface area (Å²) >= 11 is 0. The maximum atomic E-state index is 12.4. The van der Waals surface area contributed by atoms with Gasteiger partial charge in [0.15, 0.2) is 5.03 Å². The normalized spacial score (nSPS) is 17.1. The number of ether oxygens (including phenoxy) is 2. The maximum absolute atomic E-state index is 12.4. The Hall–Kier alpha value is -2.20. The van der Waals surface area contributed by atoms with Crippen molar-refractivity contribution in [1.29, 1.82) is 0 Å². The summed E-state index contributed by atoms with van der Waals surface area (Å²) in [6.45, 7) is 0.766. The molecule has 0 amide bonds. The van der Waals surface area contributed by atoms with Crippen LogP contribution < -0.4 is 9.47 Å². The Kier molecular flexibility index (Phi) is 4.44. The van der Waals surface area contributed by atoms with Gasteiger partial charge in [-0.05, 0) is 12.8 Å². The maximum Gasteiger partial charge on any atom is 0.319 e. The van der Waals surface area contributed by atoms with E-state index in [0.29, 0.717) is 31.8 Å². The van der Waals surface area contributed by atoms with Gasteiger partial charge in [-0.3, -0.25) is 0 Å². The summed E-state index contributed by atoms with van der Waals surface area (Å²) < 4.78 is 36.9. The zero-order valence-corrected chi connectivity index (χ0v) is 13.4. The highest BCUT2D eigenvalue weighted by atomic mass is 32.2. The highest BCUT2D eigenvalue weighted by Gasteiger charge is 2.31. The molecule has 3 rings (SSSR count). The summed E-state index contributed by atoms with van der Waals surface area (Å²) in [7, 11) is -2.03. The molecule has 23 heavy (non-hydrogen) atoms. The van der Waals surface area contributed by atoms with E-state index in [0.717, 1.165) is 0 Å². The van der Waals surface area contributed by atoms with E-state index in [-0.39, 0.29) is 17.1 Å². The molecule has 10 heteroatoms. The summed E-state index contributed by atoms with van der Waals surface area (Å²) in [5.41, 5.74) is 0. The van der Waals surface area contributed by atoms with Gasteiger partial charge in [-0.25, -0.2) is 18.4 Å². The quantitative estimate of drug-likeness (QED) is 0.841. The number of hydrogen-bond donors (Lipinski definition) is 1. The Balaban J connectivity index is 1.60. The van der Waals surface area contributed by atoms with E-state index in [9.17, 15) is 8.42 Å². The zero-order chi connectivity index (χ0) is 16.3. The van der Waals surface area contributed by atoms with Gasteiger partial charge in [0.1, 0.15) is 6.10 Å². The molecule has 0 radical (unpaired) electrons. The van der Waals surface area contributed by atoms with Crippen LogP contribution >= 0.6 is 0 Å². The van der Waals surface area contributed by atoms with Gasteiger partial charge < -0.3 is 14.5 Å². The minimum atomic E-state index is -3.51. The molecule has 1 aliphatic rings. The monoisotopic (exact) mass is 339 g/mol. The number of piperidine rings is 1. The average Bonchev–Trinajstić information content (AvgIpc) is 3.11. The molecule has 1 aliphatic heterocycles. The summed E-state index contributed by atoms with van der Waals surface area (Å²) in [5, 5.41) is 0.109. The average molecular weight is 339 g/mol. The molecule has 0 saturated carbocycles. The van der Waals surface area contributed by atoms with E-state index in [2.05, 4.69) is 19.9 Å². The van der Waals surface area contributed by atoms with Crippen LogP contribution in [0.3, 0.4) is 0 Å². The predicted molar refractivity (Wildman–Crippen MR) is 79.6 cm³/mol. The summed E-state index contributed by atoms with van der Waals surface area (Å²) in [6, 6.07) is 1.89. The van der Waals surface area contributed by atoms with E-state index in [1.807, 2.05) is 0 Å². The van der Waals surface area contributed by atoms with Gasteiger partial charge in [-0.2, -0.15) is 9.29 Å². The van der Waals surface area contributed by atoms with Crippen molar-refractivity contribution in [2.45, 2.75) is 24.0 Å². The SMILES string of the molecule is COc1nccc(OC2CCN(S(=O)(=O)c3cnc[nH]3)CC2)n1. The highest BCUT2D eigenvalue weighted by molar-refractivity contribution is 7.89. The second-order valence-electron chi connectivity index (χ2n) is 5.02. The topological polar surface area (TPSA) is 110 Å². The first-order valence-corrected chi connectivity index (χ1v) is 8.56. The molecule has 1 fully saturated rings. The molecule has 0 aliphatic carbocycles. The molecule has 0 unspecified atom stereocenters. The van der Waals surface area contributed by atoms with E-state index in [1.165, 1.54) is 23.9 Å². The van der Waals surface area contributed by atoms with Crippen LogP contribution in [0, 0.1) is 0 Å². The van der Waals surface area contributed by atoms with Crippen molar-refractivity contribution in [3.63, 3.8) is 0 Å². The van der Waals surface area contributed by atoms with E-state index >= 15 is 0 Å². The Morgan fingerprint density at radius 2 is 2.13 bits per heavy atom. The third kappa shape index (κ3) is 3.42. The van der Waals surface area contributed by atoms with Gasteiger partial charge >= 0.3 is 6.01 Å². The molecular formula is C13H17N5O4S. The molecule has 9 nitrogen and oxygen atoms in total. The van der Waals surface area contributed by atoms with E-state index in [1.54, 1.807) is 12.3 Å². The van der Waals surface area contributed by atoms with Gasteiger partial charge in [0.05, 0.1) is 19.6 Å². The molecule has 1 N–H and O–H groups in total. The first-order valence-electron chi connectivity index (χ1n) is 7.12. The Morgan fingerprint density at radius 1 is 1.35 bits per heavy atom. The Labute approximate surface area is 133 Å². The summed E-state index contributed by atoms with van der Waals surface area (Å²) in [4.78, 5) is 14.4. The van der Waals surface area contributed by atoms with Gasteiger partial charge in [-0.15, -0.1) is 0 Å². The van der Waals surface area contributed by atoms with Crippen LogP contribution in [-0.4, -0.2) is 59.0 Å². The molecule has 0 bridgehead atoms. The Bertz CT molecular complexity index is 741. The van der Waals surface area contributed by atoms with Crippen molar-refractivity contribution in [3.05, 3.63) is 24.8 Å². The van der Waals surface area contributed by atoms with Crippen molar-refractivity contribution < 1.29 is 17.9 Å². The standard InChI is InChI=1S/C13H17N5O4S/c1-21-13-15-5-2-11(17-13)22-10-3-6-18(7-4-10)23(19,20)12-8-14-9-16-12/h2,5,8-10H,3-4,6-7H2,1H3,(H,14,16). The molecule has 1 saturated heterocycles. The lowest BCUT2D eigenvalue weighted by molar-refractivity contribution is 0.128. The van der Waals surface area contributed by atoms with Crippen LogP contribution in [0.5, 0.6) is 11.9 Å². The lowest BCUT2D eigenvalue weighted by Crippen LogP contribution is -2.41. The fourth-order valence-electron chi connectivity index (χ4n) is 2.37. The van der Waals surface area contributed by atoms with Gasteiger partial charge in [0, 0.05) is 25.4 Å². The zero-order valence-electron chi connectivity index (χ0n) is 12.5. The minimum absolute atomic E-state index is 0.0946. The molecule has 3 heterocycles. The number of methoxy groups -OCH3 is 1. The first-order chi connectivity index (χ1) is 11.1. The Morgan fingerprint density at radius 3 is 2.78 bits per heavy atom. The van der Waals surface area contributed by atoms with E-state index < -0.39 is 10.0 Å². The number of hydrogen-bond acceptors (Lipinski definition) is 7. The van der Waals surface area contributed by atoms with Crippen LogP contribution in [0.2, 0.25) is 0 Å². The summed E-state index contributed by atoms with van der Waals surface area (Å²) in [6.07, 6.45) is 5.29. The fourth-order valence-corrected chi connectivity index (χ4v) is 3.74. The second kappa shape index (κ2) is 6.50. The van der Waals surface area contributed by atoms with Crippen LogP contribution in [0.4, 0.5) is 0 Å². The highest BCUT2D eigenvalue weighted by Crippen LogP contribution is 2.22. The van der Waals surface area contributed by atoms with Crippen molar-refractivity contribution in [1.82, 2.24) is 24.2 Å². The van der Waals surface area contributed by atoms with Crippen LogP contribution in [0.1, 0.15) is 12.8 Å². The largest absolute Gasteiger partial charge is 0.474 e. The number of sulfonamides is 1. The molecule has 124 valence electrons. The number of nitrogens with zero attached hydrogens (tertiary/aromatic N) is 4. The number of aromatic nitrogens is 4. The van der Waals surface area contributed by atoms with Gasteiger partial charge in [0.25, 0.3) is 10.0 Å². The lowest BCUT2D eigenvalue weighted by Gasteiger charge is -2.30. The minimum Gasteiger partial charge on any atom is -0.474 e. The molecule has 2 aromatic rings. The number of rotatable bonds is 5. The van der Waals surface area contributed by atoms with Crippen molar-refractivity contribution in [2.75, 3.05) is 20.2 Å². The van der Waals surface area contributed by atoms with Crippen LogP contribution in [0.15, 0.2) is 29.8 Å². The smallest absolute Gasteiger partial charge is 0.319 e. The molecule has 0 spiro atoms. The van der Waals surface area contributed by atoms with E-state index in [4.69, 9.17) is 9.47 Å².